The molecule has 0 unspecified atom stereocenters. The maximum atomic E-state index is 13.0. The number of rotatable bonds is 3. The van der Waals surface area contributed by atoms with Crippen molar-refractivity contribution in [3.63, 3.8) is 0 Å². The number of anilines is 2. The van der Waals surface area contributed by atoms with E-state index >= 15 is 0 Å². The van der Waals surface area contributed by atoms with E-state index in [-0.39, 0.29) is 17.8 Å². The van der Waals surface area contributed by atoms with Gasteiger partial charge in [0.25, 0.3) is 5.56 Å². The van der Waals surface area contributed by atoms with Crippen molar-refractivity contribution < 1.29 is 0 Å². The van der Waals surface area contributed by atoms with E-state index in [9.17, 15) is 9.59 Å². The van der Waals surface area contributed by atoms with Crippen LogP contribution in [-0.2, 0) is 20.1 Å². The van der Waals surface area contributed by atoms with Crippen molar-refractivity contribution in [1.82, 2.24) is 18.7 Å². The van der Waals surface area contributed by atoms with Gasteiger partial charge in [-0.25, -0.2) is 4.79 Å². The highest BCUT2D eigenvalue weighted by molar-refractivity contribution is 5.77. The molecule has 1 aliphatic rings. The van der Waals surface area contributed by atoms with E-state index < -0.39 is 0 Å². The molecule has 0 atom stereocenters. The van der Waals surface area contributed by atoms with Crippen LogP contribution in [-0.4, -0.2) is 25.2 Å². The van der Waals surface area contributed by atoms with E-state index in [1.54, 1.807) is 13.1 Å². The number of hydrogen-bond donors (Lipinski definition) is 0. The molecule has 3 heterocycles. The molecule has 2 aromatic heterocycles. The van der Waals surface area contributed by atoms with Gasteiger partial charge in [0, 0.05) is 32.4 Å². The van der Waals surface area contributed by atoms with Gasteiger partial charge in [-0.1, -0.05) is 12.1 Å². The van der Waals surface area contributed by atoms with Gasteiger partial charge < -0.3 is 9.47 Å². The van der Waals surface area contributed by atoms with Crippen LogP contribution in [0.4, 0.5) is 11.6 Å². The first-order valence-corrected chi connectivity index (χ1v) is 9.09. The molecule has 0 saturated carbocycles. The normalized spacial score (nSPS) is 13.8. The number of aryl methyl sites for hydroxylation is 4. The summed E-state index contributed by atoms with van der Waals surface area (Å²) in [6.45, 7) is 9.50. The fourth-order valence-electron chi connectivity index (χ4n) is 3.91. The van der Waals surface area contributed by atoms with Crippen LogP contribution in [0.25, 0.3) is 11.2 Å². The smallest absolute Gasteiger partial charge is 0.312 e. The van der Waals surface area contributed by atoms with Crippen molar-refractivity contribution in [2.75, 3.05) is 11.4 Å². The molecule has 0 amide bonds. The number of aromatic nitrogens is 4. The van der Waals surface area contributed by atoms with Gasteiger partial charge in [-0.2, -0.15) is 4.98 Å². The fraction of sp³-hybridized carbons (Fsp3) is 0.350. The molecule has 0 bridgehead atoms. The van der Waals surface area contributed by atoms with Gasteiger partial charge in [0.15, 0.2) is 11.2 Å². The summed E-state index contributed by atoms with van der Waals surface area (Å²) in [6, 6.07) is 6.38. The summed E-state index contributed by atoms with van der Waals surface area (Å²) >= 11 is 0. The molecular weight excluding hydrogens is 342 g/mol. The number of allylic oxidation sites excluding steroid dienone is 1. The van der Waals surface area contributed by atoms with E-state index in [2.05, 4.69) is 43.5 Å². The minimum Gasteiger partial charge on any atom is -0.312 e. The second-order valence-electron chi connectivity index (χ2n) is 7.13. The predicted octanol–water partition coefficient (Wildman–Crippen LogP) is 2.24. The summed E-state index contributed by atoms with van der Waals surface area (Å²) in [4.78, 5) is 32.4. The Hall–Kier alpha value is -3.09. The summed E-state index contributed by atoms with van der Waals surface area (Å²) < 4.78 is 4.60. The average molecular weight is 365 g/mol. The Balaban J connectivity index is 2.01. The summed E-state index contributed by atoms with van der Waals surface area (Å²) in [5.74, 6) is 0.713. The van der Waals surface area contributed by atoms with Crippen molar-refractivity contribution in [2.45, 2.75) is 33.4 Å². The van der Waals surface area contributed by atoms with E-state index in [0.717, 1.165) is 18.7 Å². The molecule has 7 nitrogen and oxygen atoms in total. The van der Waals surface area contributed by atoms with Gasteiger partial charge in [-0.05, 0) is 43.5 Å². The minimum atomic E-state index is -0.374. The topological polar surface area (TPSA) is 65.1 Å². The Morgan fingerprint density at radius 1 is 1.15 bits per heavy atom. The summed E-state index contributed by atoms with van der Waals surface area (Å²) in [7, 11) is 1.66. The first-order chi connectivity index (χ1) is 12.9. The van der Waals surface area contributed by atoms with Gasteiger partial charge >= 0.3 is 5.69 Å². The predicted molar refractivity (Wildman–Crippen MR) is 107 cm³/mol. The van der Waals surface area contributed by atoms with Crippen LogP contribution < -0.4 is 16.1 Å². The lowest BCUT2D eigenvalue weighted by Gasteiger charge is -2.29. The number of benzene rings is 1. The van der Waals surface area contributed by atoms with Gasteiger partial charge in [0.2, 0.25) is 5.95 Å². The van der Waals surface area contributed by atoms with Gasteiger partial charge in [0.05, 0.1) is 0 Å². The summed E-state index contributed by atoms with van der Waals surface area (Å²) in [5, 5.41) is 0. The minimum absolute atomic E-state index is 0.183. The lowest BCUT2D eigenvalue weighted by molar-refractivity contribution is 0.598. The zero-order valence-electron chi connectivity index (χ0n) is 15.9. The third kappa shape index (κ3) is 2.61. The first kappa shape index (κ1) is 17.3. The molecule has 140 valence electrons. The summed E-state index contributed by atoms with van der Waals surface area (Å²) in [5.41, 5.74) is 3.63. The highest BCUT2D eigenvalue weighted by atomic mass is 16.2. The standard InChI is InChI=1S/C20H23N5O2/c1-5-7-25-18(26)16-17(22(4)20(25)27)21-19-23(8-6-9-24(16)19)15-11-13(2)10-14(3)12-15/h5,10-12H,1,6-9H2,2-4H3. The first-order valence-electron chi connectivity index (χ1n) is 9.09. The maximum Gasteiger partial charge on any atom is 0.332 e. The molecule has 0 fully saturated rings. The monoisotopic (exact) mass is 365 g/mol. The second kappa shape index (κ2) is 6.26. The van der Waals surface area contributed by atoms with E-state index in [0.29, 0.717) is 23.7 Å². The van der Waals surface area contributed by atoms with Crippen LogP contribution in [0.5, 0.6) is 0 Å². The molecule has 3 aromatic rings. The van der Waals surface area contributed by atoms with Crippen LogP contribution in [0.15, 0.2) is 40.4 Å². The quantitative estimate of drug-likeness (QED) is 0.668. The van der Waals surface area contributed by atoms with Crippen molar-refractivity contribution in [3.05, 3.63) is 62.8 Å². The Morgan fingerprint density at radius 2 is 1.85 bits per heavy atom. The van der Waals surface area contributed by atoms with Crippen molar-refractivity contribution in [3.8, 4) is 0 Å². The number of fused-ring (bicyclic) bond motifs is 3. The van der Waals surface area contributed by atoms with Gasteiger partial charge in [-0.3, -0.25) is 13.9 Å². The lowest BCUT2D eigenvalue weighted by Crippen LogP contribution is -2.39. The Morgan fingerprint density at radius 3 is 2.52 bits per heavy atom. The van der Waals surface area contributed by atoms with Crippen LogP contribution >= 0.6 is 0 Å². The summed E-state index contributed by atoms with van der Waals surface area (Å²) in [6.07, 6.45) is 2.46. The third-order valence-electron chi connectivity index (χ3n) is 5.05. The van der Waals surface area contributed by atoms with Gasteiger partial charge in [-0.15, -0.1) is 6.58 Å². The molecule has 0 spiro atoms. The van der Waals surface area contributed by atoms with E-state index in [1.807, 2.05) is 4.57 Å². The largest absolute Gasteiger partial charge is 0.332 e. The highest BCUT2D eigenvalue weighted by Crippen LogP contribution is 2.31. The molecule has 1 aromatic carbocycles. The van der Waals surface area contributed by atoms with Crippen LogP contribution in [0.1, 0.15) is 17.5 Å². The number of nitrogens with zero attached hydrogens (tertiary/aromatic N) is 5. The fourth-order valence-corrected chi connectivity index (χ4v) is 3.91. The van der Waals surface area contributed by atoms with Crippen molar-refractivity contribution in [1.29, 1.82) is 0 Å². The molecular formula is C20H23N5O2. The maximum absolute atomic E-state index is 13.0. The average Bonchev–Trinajstić information content (AvgIpc) is 3.02. The highest BCUT2D eigenvalue weighted by Gasteiger charge is 2.26. The molecule has 27 heavy (non-hydrogen) atoms. The van der Waals surface area contributed by atoms with Crippen molar-refractivity contribution >= 4 is 22.8 Å². The van der Waals surface area contributed by atoms with Crippen LogP contribution in [0, 0.1) is 13.8 Å². The Bertz CT molecular complexity index is 1160. The lowest BCUT2D eigenvalue weighted by atomic mass is 10.1. The number of imidazole rings is 1. The Kier molecular flexibility index (Phi) is 4.02. The SMILES string of the molecule is C=CCn1c(=O)c2c(nc3n2CCCN3c2cc(C)cc(C)c2)n(C)c1=O. The molecule has 4 rings (SSSR count). The molecule has 0 radical (unpaired) electrons. The van der Waals surface area contributed by atoms with Crippen LogP contribution in [0.3, 0.4) is 0 Å². The zero-order valence-corrected chi connectivity index (χ0v) is 15.9. The van der Waals surface area contributed by atoms with E-state index in [1.165, 1.54) is 20.3 Å². The molecule has 0 N–H and O–H groups in total. The molecule has 1 aliphatic heterocycles. The van der Waals surface area contributed by atoms with Crippen molar-refractivity contribution in [2.24, 2.45) is 7.05 Å². The third-order valence-corrected chi connectivity index (χ3v) is 5.05. The second-order valence-corrected chi connectivity index (χ2v) is 7.13. The van der Waals surface area contributed by atoms with Gasteiger partial charge in [0.1, 0.15) is 0 Å². The van der Waals surface area contributed by atoms with E-state index in [4.69, 9.17) is 4.98 Å². The molecule has 0 aliphatic carbocycles. The zero-order chi connectivity index (χ0) is 19.3. The molecule has 7 heteroatoms. The molecule has 0 saturated heterocycles. The van der Waals surface area contributed by atoms with Crippen LogP contribution in [0.2, 0.25) is 0 Å². The number of hydrogen-bond acceptors (Lipinski definition) is 4. The Labute approximate surface area is 156 Å².